The summed E-state index contributed by atoms with van der Waals surface area (Å²) in [5.41, 5.74) is 1.81. The van der Waals surface area contributed by atoms with Crippen LogP contribution < -0.4 is 4.90 Å². The molecule has 0 atom stereocenters. The molecule has 25 heavy (non-hydrogen) atoms. The standard InChI is InChI=1S/C19H19ClN2O2S/c1-3-22(4-2)18-10-5-7-14-11-17(13-21-19(14)18)25(23,24)16-9-6-8-15(20)12-16/h5-13H,3-4H2,1-2H3. The summed E-state index contributed by atoms with van der Waals surface area (Å²) in [7, 11) is -3.66. The number of para-hydroxylation sites is 1. The molecule has 0 amide bonds. The topological polar surface area (TPSA) is 50.3 Å². The number of benzene rings is 2. The number of sulfone groups is 1. The van der Waals surface area contributed by atoms with E-state index in [1.54, 1.807) is 18.2 Å². The highest BCUT2D eigenvalue weighted by Crippen LogP contribution is 2.29. The Morgan fingerprint density at radius 3 is 2.40 bits per heavy atom. The summed E-state index contributed by atoms with van der Waals surface area (Å²) in [6.45, 7) is 5.89. The molecule has 0 unspecified atom stereocenters. The largest absolute Gasteiger partial charge is 0.370 e. The zero-order valence-electron chi connectivity index (χ0n) is 14.1. The van der Waals surface area contributed by atoms with Crippen LogP contribution in [-0.2, 0) is 9.84 Å². The van der Waals surface area contributed by atoms with E-state index in [0.29, 0.717) is 5.02 Å². The molecule has 2 aromatic carbocycles. The van der Waals surface area contributed by atoms with Gasteiger partial charge in [0.25, 0.3) is 0 Å². The molecule has 0 radical (unpaired) electrons. The fourth-order valence-electron chi connectivity index (χ4n) is 2.86. The highest BCUT2D eigenvalue weighted by atomic mass is 35.5. The summed E-state index contributed by atoms with van der Waals surface area (Å²) in [6.07, 6.45) is 1.42. The minimum absolute atomic E-state index is 0.166. The number of anilines is 1. The molecule has 4 nitrogen and oxygen atoms in total. The lowest BCUT2D eigenvalue weighted by molar-refractivity contribution is 0.596. The van der Waals surface area contributed by atoms with E-state index < -0.39 is 9.84 Å². The number of halogens is 1. The zero-order valence-corrected chi connectivity index (χ0v) is 15.7. The highest BCUT2D eigenvalue weighted by molar-refractivity contribution is 7.91. The van der Waals surface area contributed by atoms with Crippen LogP contribution in [0.3, 0.4) is 0 Å². The Bertz CT molecular complexity index is 1010. The Morgan fingerprint density at radius 1 is 1.00 bits per heavy atom. The van der Waals surface area contributed by atoms with Gasteiger partial charge in [-0.2, -0.15) is 0 Å². The van der Waals surface area contributed by atoms with Crippen LogP contribution in [-0.4, -0.2) is 26.5 Å². The molecule has 6 heteroatoms. The van der Waals surface area contributed by atoms with Crippen LogP contribution in [0.25, 0.3) is 10.9 Å². The van der Waals surface area contributed by atoms with E-state index in [0.717, 1.165) is 29.7 Å². The number of pyridine rings is 1. The first-order chi connectivity index (χ1) is 12.0. The molecule has 0 aliphatic heterocycles. The maximum atomic E-state index is 12.9. The van der Waals surface area contributed by atoms with E-state index in [2.05, 4.69) is 23.7 Å². The number of nitrogens with zero attached hydrogens (tertiary/aromatic N) is 2. The smallest absolute Gasteiger partial charge is 0.208 e. The van der Waals surface area contributed by atoms with E-state index in [1.807, 2.05) is 18.2 Å². The molecule has 1 heterocycles. The van der Waals surface area contributed by atoms with E-state index >= 15 is 0 Å². The van der Waals surface area contributed by atoms with Gasteiger partial charge in [0, 0.05) is 29.7 Å². The number of fused-ring (bicyclic) bond motifs is 1. The molecule has 0 fully saturated rings. The van der Waals surface area contributed by atoms with Gasteiger partial charge < -0.3 is 4.90 Å². The average molecular weight is 375 g/mol. The molecule has 130 valence electrons. The van der Waals surface area contributed by atoms with Gasteiger partial charge in [-0.3, -0.25) is 4.98 Å². The Balaban J connectivity index is 2.14. The Kier molecular flexibility index (Phi) is 4.97. The molecule has 0 spiro atoms. The van der Waals surface area contributed by atoms with Gasteiger partial charge in [0.15, 0.2) is 0 Å². The number of hydrogen-bond donors (Lipinski definition) is 0. The fourth-order valence-corrected chi connectivity index (χ4v) is 4.40. The van der Waals surface area contributed by atoms with Crippen LogP contribution in [0.4, 0.5) is 5.69 Å². The lowest BCUT2D eigenvalue weighted by Crippen LogP contribution is -2.22. The van der Waals surface area contributed by atoms with Crippen molar-refractivity contribution in [2.75, 3.05) is 18.0 Å². The monoisotopic (exact) mass is 374 g/mol. The molecule has 0 aliphatic carbocycles. The first kappa shape index (κ1) is 17.7. The molecule has 0 aliphatic rings. The van der Waals surface area contributed by atoms with Crippen LogP contribution in [0, 0.1) is 0 Å². The summed E-state index contributed by atoms with van der Waals surface area (Å²) in [4.78, 5) is 6.99. The first-order valence-electron chi connectivity index (χ1n) is 8.11. The van der Waals surface area contributed by atoms with Gasteiger partial charge in [-0.15, -0.1) is 0 Å². The van der Waals surface area contributed by atoms with Crippen molar-refractivity contribution in [3.63, 3.8) is 0 Å². The van der Waals surface area contributed by atoms with E-state index in [9.17, 15) is 8.42 Å². The maximum Gasteiger partial charge on any atom is 0.208 e. The fraction of sp³-hybridized carbons (Fsp3) is 0.211. The van der Waals surface area contributed by atoms with Gasteiger partial charge in [-0.1, -0.05) is 29.8 Å². The Morgan fingerprint density at radius 2 is 1.72 bits per heavy atom. The number of rotatable bonds is 5. The summed E-state index contributed by atoms with van der Waals surface area (Å²) < 4.78 is 25.7. The SMILES string of the molecule is CCN(CC)c1cccc2cc(S(=O)(=O)c3cccc(Cl)c3)cnc12. The predicted molar refractivity (Wildman–Crippen MR) is 102 cm³/mol. The van der Waals surface area contributed by atoms with Crippen molar-refractivity contribution in [2.45, 2.75) is 23.6 Å². The van der Waals surface area contributed by atoms with Crippen LogP contribution >= 0.6 is 11.6 Å². The molecular formula is C19H19ClN2O2S. The lowest BCUT2D eigenvalue weighted by Gasteiger charge is -2.22. The average Bonchev–Trinajstić information content (AvgIpc) is 2.62. The third-order valence-corrected chi connectivity index (χ3v) is 6.14. The molecule has 3 rings (SSSR count). The van der Waals surface area contributed by atoms with Crippen molar-refractivity contribution in [3.05, 3.63) is 59.8 Å². The minimum Gasteiger partial charge on any atom is -0.370 e. The normalized spacial score (nSPS) is 11.6. The van der Waals surface area contributed by atoms with Crippen molar-refractivity contribution in [1.82, 2.24) is 4.98 Å². The van der Waals surface area contributed by atoms with Crippen molar-refractivity contribution in [2.24, 2.45) is 0 Å². The van der Waals surface area contributed by atoms with E-state index in [4.69, 9.17) is 11.6 Å². The summed E-state index contributed by atoms with van der Waals surface area (Å²) in [5.74, 6) is 0. The highest BCUT2D eigenvalue weighted by Gasteiger charge is 2.19. The molecular weight excluding hydrogens is 356 g/mol. The van der Waals surface area contributed by atoms with Crippen LogP contribution in [0.1, 0.15) is 13.8 Å². The van der Waals surface area contributed by atoms with Crippen molar-refractivity contribution < 1.29 is 8.42 Å². The minimum atomic E-state index is -3.66. The van der Waals surface area contributed by atoms with Gasteiger partial charge in [-0.25, -0.2) is 8.42 Å². The quantitative estimate of drug-likeness (QED) is 0.656. The third-order valence-electron chi connectivity index (χ3n) is 4.19. The summed E-state index contributed by atoms with van der Waals surface area (Å²) in [5, 5.41) is 1.19. The molecule has 0 N–H and O–H groups in total. The van der Waals surface area contributed by atoms with E-state index in [1.165, 1.54) is 18.3 Å². The van der Waals surface area contributed by atoms with Gasteiger partial charge in [0.1, 0.15) is 0 Å². The zero-order chi connectivity index (χ0) is 18.0. The van der Waals surface area contributed by atoms with Crippen molar-refractivity contribution in [1.29, 1.82) is 0 Å². The Labute approximate surface area is 153 Å². The van der Waals surface area contributed by atoms with Gasteiger partial charge in [0.05, 0.1) is 21.0 Å². The predicted octanol–water partition coefficient (Wildman–Crippen LogP) is 4.57. The molecule has 3 aromatic rings. The van der Waals surface area contributed by atoms with Gasteiger partial charge in [0.2, 0.25) is 9.84 Å². The summed E-state index contributed by atoms with van der Waals surface area (Å²) in [6, 6.07) is 13.8. The van der Waals surface area contributed by atoms with Gasteiger partial charge in [-0.05, 0) is 44.2 Å². The number of aromatic nitrogens is 1. The Hall–Kier alpha value is -2.11. The second kappa shape index (κ2) is 7.02. The third kappa shape index (κ3) is 3.34. The second-order valence-electron chi connectivity index (χ2n) is 5.65. The number of hydrogen-bond acceptors (Lipinski definition) is 4. The molecule has 0 saturated heterocycles. The van der Waals surface area contributed by atoms with Gasteiger partial charge >= 0.3 is 0 Å². The molecule has 0 saturated carbocycles. The first-order valence-corrected chi connectivity index (χ1v) is 9.98. The van der Waals surface area contributed by atoms with E-state index in [-0.39, 0.29) is 9.79 Å². The van der Waals surface area contributed by atoms with Crippen molar-refractivity contribution in [3.8, 4) is 0 Å². The maximum absolute atomic E-state index is 12.9. The summed E-state index contributed by atoms with van der Waals surface area (Å²) >= 11 is 5.94. The molecule has 0 bridgehead atoms. The van der Waals surface area contributed by atoms with Crippen LogP contribution in [0.5, 0.6) is 0 Å². The van der Waals surface area contributed by atoms with Crippen molar-refractivity contribution >= 4 is 38.0 Å². The second-order valence-corrected chi connectivity index (χ2v) is 8.04. The van der Waals surface area contributed by atoms with Crippen LogP contribution in [0.15, 0.2) is 64.5 Å². The lowest BCUT2D eigenvalue weighted by atomic mass is 10.1. The van der Waals surface area contributed by atoms with Crippen LogP contribution in [0.2, 0.25) is 5.02 Å². The molecule has 1 aromatic heterocycles.